The standard InChI is InChI=1S/C15H21NO4S/c1-16-10-6-4-3-5-7-11-20-14-12-13(19-2)8-9-15(14)21(16,17)18/h4,6,8-9,12H,3,5,7,10-11H2,1-2H3/b6-4-. The number of likely N-dealkylation sites (N-methyl/N-ethyl adjacent to an activating group) is 1. The van der Waals surface area contributed by atoms with Crippen LogP contribution in [0.25, 0.3) is 0 Å². The number of methoxy groups -OCH3 is 1. The maximum atomic E-state index is 12.6. The molecule has 1 aromatic carbocycles. The van der Waals surface area contributed by atoms with E-state index in [1.54, 1.807) is 26.3 Å². The SMILES string of the molecule is COc1ccc2c(c1)OCCCC/C=C\CN(C)S2(=O)=O. The molecule has 1 heterocycles. The van der Waals surface area contributed by atoms with E-state index in [1.165, 1.54) is 10.4 Å². The Morgan fingerprint density at radius 1 is 1.24 bits per heavy atom. The summed E-state index contributed by atoms with van der Waals surface area (Å²) in [6.45, 7) is 0.848. The van der Waals surface area contributed by atoms with Crippen LogP contribution in [0, 0.1) is 0 Å². The fourth-order valence-electron chi connectivity index (χ4n) is 2.09. The molecule has 0 unspecified atom stereocenters. The van der Waals surface area contributed by atoms with Crippen molar-refractivity contribution in [2.75, 3.05) is 27.3 Å². The molecular formula is C15H21NO4S. The molecule has 0 N–H and O–H groups in total. The molecule has 0 bridgehead atoms. The summed E-state index contributed by atoms with van der Waals surface area (Å²) in [5.74, 6) is 0.935. The van der Waals surface area contributed by atoms with Gasteiger partial charge in [-0.25, -0.2) is 8.42 Å². The van der Waals surface area contributed by atoms with Crippen LogP contribution in [0.5, 0.6) is 11.5 Å². The third-order valence-corrected chi connectivity index (χ3v) is 5.25. The highest BCUT2D eigenvalue weighted by molar-refractivity contribution is 7.89. The van der Waals surface area contributed by atoms with Crippen molar-refractivity contribution in [3.05, 3.63) is 30.4 Å². The maximum absolute atomic E-state index is 12.6. The molecule has 5 nitrogen and oxygen atoms in total. The highest BCUT2D eigenvalue weighted by Crippen LogP contribution is 2.30. The van der Waals surface area contributed by atoms with Gasteiger partial charge < -0.3 is 9.47 Å². The predicted octanol–water partition coefficient (Wildman–Crippen LogP) is 2.43. The first-order chi connectivity index (χ1) is 10.1. The Morgan fingerprint density at radius 2 is 2.05 bits per heavy atom. The van der Waals surface area contributed by atoms with Gasteiger partial charge in [-0.2, -0.15) is 4.31 Å². The fraction of sp³-hybridized carbons (Fsp3) is 0.467. The summed E-state index contributed by atoms with van der Waals surface area (Å²) in [6, 6.07) is 4.80. The van der Waals surface area contributed by atoms with Crippen molar-refractivity contribution in [3.8, 4) is 11.5 Å². The van der Waals surface area contributed by atoms with E-state index in [2.05, 4.69) is 0 Å². The smallest absolute Gasteiger partial charge is 0.246 e. The lowest BCUT2D eigenvalue weighted by Gasteiger charge is -2.19. The number of rotatable bonds is 1. The Kier molecular flexibility index (Phi) is 5.25. The van der Waals surface area contributed by atoms with Crippen molar-refractivity contribution in [1.29, 1.82) is 0 Å². The topological polar surface area (TPSA) is 55.8 Å². The highest BCUT2D eigenvalue weighted by atomic mass is 32.2. The second-order valence-corrected chi connectivity index (χ2v) is 6.93. The first-order valence-corrected chi connectivity index (χ1v) is 8.42. The highest BCUT2D eigenvalue weighted by Gasteiger charge is 2.25. The van der Waals surface area contributed by atoms with Crippen LogP contribution >= 0.6 is 0 Å². The van der Waals surface area contributed by atoms with Crippen LogP contribution in [0.2, 0.25) is 0 Å². The number of sulfonamides is 1. The van der Waals surface area contributed by atoms with Gasteiger partial charge in [-0.05, 0) is 31.4 Å². The molecule has 0 spiro atoms. The van der Waals surface area contributed by atoms with Crippen molar-refractivity contribution < 1.29 is 17.9 Å². The van der Waals surface area contributed by atoms with E-state index in [1.807, 2.05) is 12.2 Å². The van der Waals surface area contributed by atoms with E-state index >= 15 is 0 Å². The number of hydrogen-bond donors (Lipinski definition) is 0. The van der Waals surface area contributed by atoms with Crippen LogP contribution in [0.1, 0.15) is 19.3 Å². The van der Waals surface area contributed by atoms with Crippen LogP contribution in [0.4, 0.5) is 0 Å². The minimum Gasteiger partial charge on any atom is -0.497 e. The first-order valence-electron chi connectivity index (χ1n) is 6.98. The van der Waals surface area contributed by atoms with Crippen molar-refractivity contribution in [3.63, 3.8) is 0 Å². The van der Waals surface area contributed by atoms with Gasteiger partial charge in [0.25, 0.3) is 0 Å². The second kappa shape index (κ2) is 6.95. The molecule has 0 aliphatic carbocycles. The quantitative estimate of drug-likeness (QED) is 0.748. The van der Waals surface area contributed by atoms with E-state index in [0.29, 0.717) is 24.7 Å². The summed E-state index contributed by atoms with van der Waals surface area (Å²) in [5, 5.41) is 0. The molecule has 0 saturated carbocycles. The van der Waals surface area contributed by atoms with Gasteiger partial charge in [0.15, 0.2) is 0 Å². The van der Waals surface area contributed by atoms with Gasteiger partial charge in [-0.1, -0.05) is 12.2 Å². The molecular weight excluding hydrogens is 290 g/mol. The number of hydrogen-bond acceptors (Lipinski definition) is 4. The van der Waals surface area contributed by atoms with Crippen LogP contribution in [-0.2, 0) is 10.0 Å². The molecule has 0 fully saturated rings. The first kappa shape index (κ1) is 15.9. The molecule has 0 atom stereocenters. The Hall–Kier alpha value is -1.53. The average Bonchev–Trinajstić information content (AvgIpc) is 2.48. The number of benzene rings is 1. The number of ether oxygens (including phenoxy) is 2. The summed E-state index contributed by atoms with van der Waals surface area (Å²) in [5.41, 5.74) is 0. The number of allylic oxidation sites excluding steroid dienone is 1. The zero-order valence-electron chi connectivity index (χ0n) is 12.4. The Bertz CT molecular complexity index is 610. The summed E-state index contributed by atoms with van der Waals surface area (Å²) in [7, 11) is -0.459. The van der Waals surface area contributed by atoms with E-state index in [0.717, 1.165) is 19.3 Å². The largest absolute Gasteiger partial charge is 0.497 e. The third kappa shape index (κ3) is 3.77. The zero-order valence-corrected chi connectivity index (χ0v) is 13.2. The van der Waals surface area contributed by atoms with Gasteiger partial charge in [0.2, 0.25) is 10.0 Å². The molecule has 1 aliphatic heterocycles. The minimum absolute atomic E-state index is 0.180. The number of nitrogens with zero attached hydrogens (tertiary/aromatic N) is 1. The minimum atomic E-state index is -3.57. The van der Waals surface area contributed by atoms with Crippen LogP contribution in [-0.4, -0.2) is 40.0 Å². The van der Waals surface area contributed by atoms with Gasteiger partial charge in [0.1, 0.15) is 16.4 Å². The van der Waals surface area contributed by atoms with E-state index in [9.17, 15) is 8.42 Å². The molecule has 1 aliphatic rings. The summed E-state index contributed by atoms with van der Waals surface area (Å²) >= 11 is 0. The normalized spacial score (nSPS) is 21.2. The van der Waals surface area contributed by atoms with Crippen molar-refractivity contribution >= 4 is 10.0 Å². The molecule has 1 aromatic rings. The predicted molar refractivity (Wildman–Crippen MR) is 81.3 cm³/mol. The van der Waals surface area contributed by atoms with Gasteiger partial charge in [-0.3, -0.25) is 0 Å². The van der Waals surface area contributed by atoms with Gasteiger partial charge in [-0.15, -0.1) is 0 Å². The second-order valence-electron chi connectivity index (χ2n) is 4.91. The Labute approximate surface area is 126 Å². The van der Waals surface area contributed by atoms with Crippen LogP contribution in [0.3, 0.4) is 0 Å². The van der Waals surface area contributed by atoms with Crippen molar-refractivity contribution in [2.45, 2.75) is 24.2 Å². The molecule has 0 aromatic heterocycles. The van der Waals surface area contributed by atoms with Gasteiger partial charge in [0.05, 0.1) is 13.7 Å². The molecule has 116 valence electrons. The van der Waals surface area contributed by atoms with Crippen LogP contribution < -0.4 is 9.47 Å². The lowest BCUT2D eigenvalue weighted by molar-refractivity contribution is 0.296. The lowest BCUT2D eigenvalue weighted by atomic mass is 10.2. The van der Waals surface area contributed by atoms with E-state index < -0.39 is 10.0 Å². The van der Waals surface area contributed by atoms with Crippen LogP contribution in [0.15, 0.2) is 35.2 Å². The summed E-state index contributed by atoms with van der Waals surface area (Å²) < 4.78 is 37.4. The third-order valence-electron chi connectivity index (χ3n) is 3.39. The molecule has 0 amide bonds. The summed E-state index contributed by atoms with van der Waals surface area (Å²) in [4.78, 5) is 0.180. The average molecular weight is 311 g/mol. The van der Waals surface area contributed by atoms with Crippen molar-refractivity contribution in [1.82, 2.24) is 4.31 Å². The molecule has 6 heteroatoms. The van der Waals surface area contributed by atoms with Crippen molar-refractivity contribution in [2.24, 2.45) is 0 Å². The summed E-state index contributed by atoms with van der Waals surface area (Å²) in [6.07, 6.45) is 6.75. The van der Waals surface area contributed by atoms with E-state index in [4.69, 9.17) is 9.47 Å². The lowest BCUT2D eigenvalue weighted by Crippen LogP contribution is -2.27. The fourth-order valence-corrected chi connectivity index (χ4v) is 3.32. The monoisotopic (exact) mass is 311 g/mol. The number of fused-ring (bicyclic) bond motifs is 1. The maximum Gasteiger partial charge on any atom is 0.246 e. The van der Waals surface area contributed by atoms with Gasteiger partial charge >= 0.3 is 0 Å². The van der Waals surface area contributed by atoms with Gasteiger partial charge in [0, 0.05) is 19.7 Å². The Balaban J connectivity index is 2.44. The molecule has 21 heavy (non-hydrogen) atoms. The molecule has 0 saturated heterocycles. The molecule has 0 radical (unpaired) electrons. The Morgan fingerprint density at radius 3 is 2.81 bits per heavy atom. The zero-order chi connectivity index (χ0) is 15.3. The molecule has 2 rings (SSSR count). The van der Waals surface area contributed by atoms with E-state index in [-0.39, 0.29) is 4.90 Å².